The Hall–Kier alpha value is -2.60. The summed E-state index contributed by atoms with van der Waals surface area (Å²) in [6, 6.07) is 10.9. The minimum atomic E-state index is -0.224. The van der Waals surface area contributed by atoms with Crippen LogP contribution in [0.3, 0.4) is 0 Å². The molecule has 5 nitrogen and oxygen atoms in total. The van der Waals surface area contributed by atoms with Crippen LogP contribution in [0.1, 0.15) is 49.4 Å². The second-order valence-electron chi connectivity index (χ2n) is 7.78. The van der Waals surface area contributed by atoms with Crippen LogP contribution >= 0.6 is 0 Å². The minimum Gasteiger partial charge on any atom is -0.493 e. The lowest BCUT2D eigenvalue weighted by atomic mass is 9.86. The van der Waals surface area contributed by atoms with Crippen LogP contribution in [0.15, 0.2) is 36.4 Å². The molecule has 0 saturated heterocycles. The molecule has 0 aliphatic carbocycles. The van der Waals surface area contributed by atoms with Gasteiger partial charge in [-0.25, -0.2) is 4.39 Å². The van der Waals surface area contributed by atoms with Crippen LogP contribution in [0.4, 0.5) is 4.39 Å². The second kappa shape index (κ2) is 9.94. The molecule has 1 amide bonds. The Labute approximate surface area is 178 Å². The molecular formula is C24H32FN2O3+. The van der Waals surface area contributed by atoms with Crippen LogP contribution in [0.5, 0.6) is 11.5 Å². The summed E-state index contributed by atoms with van der Waals surface area (Å²) >= 11 is 0. The molecule has 3 rings (SSSR count). The molecular weight excluding hydrogens is 383 g/mol. The zero-order valence-corrected chi connectivity index (χ0v) is 18.3. The molecule has 0 fully saturated rings. The number of rotatable bonds is 8. The van der Waals surface area contributed by atoms with Gasteiger partial charge in [0.1, 0.15) is 18.4 Å². The summed E-state index contributed by atoms with van der Waals surface area (Å²) in [6.45, 7) is 5.54. The molecule has 2 aromatic rings. The lowest BCUT2D eigenvalue weighted by Crippen LogP contribution is -3.13. The van der Waals surface area contributed by atoms with Crippen LogP contribution < -0.4 is 19.7 Å². The first-order valence-electron chi connectivity index (χ1n) is 10.6. The van der Waals surface area contributed by atoms with Crippen molar-refractivity contribution in [1.82, 2.24) is 5.32 Å². The summed E-state index contributed by atoms with van der Waals surface area (Å²) in [5.74, 6) is 1.22. The van der Waals surface area contributed by atoms with Crippen molar-refractivity contribution in [1.29, 1.82) is 0 Å². The molecule has 2 N–H and O–H groups in total. The summed E-state index contributed by atoms with van der Waals surface area (Å²) in [5, 5.41) is 3.21. The van der Waals surface area contributed by atoms with Gasteiger partial charge in [-0.2, -0.15) is 0 Å². The van der Waals surface area contributed by atoms with E-state index in [4.69, 9.17) is 9.47 Å². The third-order valence-electron chi connectivity index (χ3n) is 5.97. The Bertz CT molecular complexity index is 887. The van der Waals surface area contributed by atoms with E-state index in [1.165, 1.54) is 16.5 Å². The number of hydrogen-bond acceptors (Lipinski definition) is 3. The topological polar surface area (TPSA) is 52.0 Å². The highest BCUT2D eigenvalue weighted by molar-refractivity contribution is 5.76. The van der Waals surface area contributed by atoms with Gasteiger partial charge >= 0.3 is 0 Å². The molecule has 162 valence electrons. The van der Waals surface area contributed by atoms with Gasteiger partial charge in [0.2, 0.25) is 5.91 Å². The van der Waals surface area contributed by atoms with E-state index in [1.807, 2.05) is 19.1 Å². The van der Waals surface area contributed by atoms with Gasteiger partial charge < -0.3 is 19.7 Å². The fourth-order valence-electron chi connectivity index (χ4n) is 4.45. The van der Waals surface area contributed by atoms with Crippen LogP contribution in [-0.2, 0) is 17.8 Å². The molecule has 3 atom stereocenters. The number of quaternary nitrogens is 1. The molecule has 2 aromatic carbocycles. The second-order valence-corrected chi connectivity index (χ2v) is 7.78. The predicted octanol–water partition coefficient (Wildman–Crippen LogP) is 2.83. The first-order chi connectivity index (χ1) is 14.5. The third-order valence-corrected chi connectivity index (χ3v) is 5.97. The zero-order chi connectivity index (χ0) is 21.7. The van der Waals surface area contributed by atoms with Gasteiger partial charge in [0, 0.05) is 24.0 Å². The third kappa shape index (κ3) is 4.75. The summed E-state index contributed by atoms with van der Waals surface area (Å²) < 4.78 is 24.8. The van der Waals surface area contributed by atoms with E-state index in [1.54, 1.807) is 26.4 Å². The van der Waals surface area contributed by atoms with Crippen molar-refractivity contribution in [3.63, 3.8) is 0 Å². The highest BCUT2D eigenvalue weighted by Crippen LogP contribution is 2.35. The lowest BCUT2D eigenvalue weighted by Gasteiger charge is -2.39. The smallest absolute Gasteiger partial charge is 0.220 e. The van der Waals surface area contributed by atoms with E-state index in [0.717, 1.165) is 30.5 Å². The number of fused-ring (bicyclic) bond motifs is 1. The Morgan fingerprint density at radius 1 is 1.20 bits per heavy atom. The Kier molecular flexibility index (Phi) is 7.32. The van der Waals surface area contributed by atoms with Crippen molar-refractivity contribution in [2.24, 2.45) is 0 Å². The van der Waals surface area contributed by atoms with Gasteiger partial charge in [-0.1, -0.05) is 26.0 Å². The van der Waals surface area contributed by atoms with Crippen molar-refractivity contribution in [3.8, 4) is 11.5 Å². The summed E-state index contributed by atoms with van der Waals surface area (Å²) in [7, 11) is 3.28. The van der Waals surface area contributed by atoms with Crippen molar-refractivity contribution in [3.05, 3.63) is 58.9 Å². The monoisotopic (exact) mass is 415 g/mol. The number of halogens is 1. The van der Waals surface area contributed by atoms with E-state index in [2.05, 4.69) is 18.3 Å². The fraction of sp³-hybridized carbons (Fsp3) is 0.458. The van der Waals surface area contributed by atoms with Gasteiger partial charge in [0.15, 0.2) is 11.5 Å². The molecule has 0 bridgehead atoms. The van der Waals surface area contributed by atoms with Crippen molar-refractivity contribution in [2.75, 3.05) is 20.8 Å². The van der Waals surface area contributed by atoms with Crippen molar-refractivity contribution < 1.29 is 23.6 Å². The first-order valence-corrected chi connectivity index (χ1v) is 10.6. The summed E-state index contributed by atoms with van der Waals surface area (Å²) in [4.78, 5) is 13.6. The number of amides is 1. The number of ether oxygens (including phenoxy) is 2. The first kappa shape index (κ1) is 22.1. The molecule has 0 radical (unpaired) electrons. The summed E-state index contributed by atoms with van der Waals surface area (Å²) in [5.41, 5.74) is 3.33. The average Bonchev–Trinajstić information content (AvgIpc) is 2.76. The Morgan fingerprint density at radius 3 is 2.57 bits per heavy atom. The molecule has 0 saturated carbocycles. The predicted molar refractivity (Wildman–Crippen MR) is 114 cm³/mol. The normalized spacial score (nSPS) is 19.0. The van der Waals surface area contributed by atoms with Crippen LogP contribution in [-0.4, -0.2) is 32.7 Å². The number of hydrogen-bond donors (Lipinski definition) is 2. The van der Waals surface area contributed by atoms with Crippen molar-refractivity contribution in [2.45, 2.75) is 51.7 Å². The van der Waals surface area contributed by atoms with Gasteiger partial charge in [-0.05, 0) is 36.2 Å². The molecule has 1 unspecified atom stereocenters. The van der Waals surface area contributed by atoms with Crippen LogP contribution in [0.25, 0.3) is 0 Å². The lowest BCUT2D eigenvalue weighted by molar-refractivity contribution is -0.948. The van der Waals surface area contributed by atoms with Crippen LogP contribution in [0.2, 0.25) is 0 Å². The highest BCUT2D eigenvalue weighted by atomic mass is 19.1. The standard InChI is InChI=1S/C24H31FN2O3/c1-5-20(26-23(28)6-2)24-19-14-22(30-4)21(29-3)13-17(19)10-11-27(24)15-16-8-7-9-18(25)12-16/h7-9,12-14,20,24H,5-6,10-11,15H2,1-4H3,(H,26,28)/p+1/t20-,24+/m1/s1. The zero-order valence-electron chi connectivity index (χ0n) is 18.3. The minimum absolute atomic E-state index is 0.0295. The number of benzene rings is 2. The largest absolute Gasteiger partial charge is 0.493 e. The van der Waals surface area contributed by atoms with Crippen LogP contribution in [0, 0.1) is 5.82 Å². The SMILES string of the molecule is CCC(=O)N[C@H](CC)[C@@H]1c2cc(OC)c(OC)cc2CC[NH+]1Cc1cccc(F)c1. The van der Waals surface area contributed by atoms with E-state index >= 15 is 0 Å². The summed E-state index contributed by atoms with van der Waals surface area (Å²) in [6.07, 6.45) is 2.13. The number of carbonyl (C=O) groups is 1. The van der Waals surface area contributed by atoms with E-state index in [9.17, 15) is 9.18 Å². The fourth-order valence-corrected chi connectivity index (χ4v) is 4.45. The van der Waals surface area contributed by atoms with E-state index in [0.29, 0.717) is 24.5 Å². The maximum absolute atomic E-state index is 13.8. The average molecular weight is 416 g/mol. The van der Waals surface area contributed by atoms with Crippen molar-refractivity contribution >= 4 is 5.91 Å². The molecule has 1 aliphatic rings. The molecule has 0 spiro atoms. The maximum atomic E-state index is 13.8. The van der Waals surface area contributed by atoms with Gasteiger partial charge in [-0.15, -0.1) is 0 Å². The van der Waals surface area contributed by atoms with Gasteiger partial charge in [0.05, 0.1) is 26.8 Å². The molecule has 0 aromatic heterocycles. The van der Waals surface area contributed by atoms with Gasteiger partial charge in [0.25, 0.3) is 0 Å². The molecule has 30 heavy (non-hydrogen) atoms. The number of nitrogens with one attached hydrogen (secondary N) is 2. The van der Waals surface area contributed by atoms with E-state index in [-0.39, 0.29) is 23.8 Å². The highest BCUT2D eigenvalue weighted by Gasteiger charge is 2.38. The Morgan fingerprint density at radius 2 is 1.93 bits per heavy atom. The number of carbonyl (C=O) groups excluding carboxylic acids is 1. The Balaban J connectivity index is 2.03. The molecule has 1 heterocycles. The quantitative estimate of drug-likeness (QED) is 0.697. The molecule has 6 heteroatoms. The maximum Gasteiger partial charge on any atom is 0.220 e. The number of methoxy groups -OCH3 is 2. The molecule has 1 aliphatic heterocycles. The van der Waals surface area contributed by atoms with E-state index < -0.39 is 0 Å². The van der Waals surface area contributed by atoms with Gasteiger partial charge in [-0.3, -0.25) is 4.79 Å².